The van der Waals surface area contributed by atoms with E-state index in [0.29, 0.717) is 15.7 Å². The molecular weight excluding hydrogens is 479 g/mol. The Morgan fingerprint density at radius 2 is 1.56 bits per heavy atom. The van der Waals surface area contributed by atoms with E-state index in [-0.39, 0.29) is 10.6 Å². The number of anilines is 1. The second kappa shape index (κ2) is 9.55. The van der Waals surface area contributed by atoms with Crippen LogP contribution in [0.5, 0.6) is 0 Å². The van der Waals surface area contributed by atoms with Crippen molar-refractivity contribution in [1.82, 2.24) is 0 Å². The quantitative estimate of drug-likeness (QED) is 0.356. The largest absolute Gasteiger partial charge is 0.441 e. The number of alkyl halides is 3. The van der Waals surface area contributed by atoms with E-state index >= 15 is 0 Å². The Labute approximate surface area is 185 Å². The normalized spacial score (nSPS) is 12.4. The summed E-state index contributed by atoms with van der Waals surface area (Å²) in [6.07, 6.45) is -2.65. The third-order valence-electron chi connectivity index (χ3n) is 3.31. The Morgan fingerprint density at radius 3 is 2.11 bits per heavy atom. The summed E-state index contributed by atoms with van der Waals surface area (Å²) in [6.45, 7) is 0. The molecule has 0 aliphatic rings. The highest BCUT2D eigenvalue weighted by atomic mass is 35.6. The summed E-state index contributed by atoms with van der Waals surface area (Å²) in [4.78, 5) is 24.6. The molecule has 0 fully saturated rings. The predicted octanol–water partition coefficient (Wildman–Crippen LogP) is 7.21. The zero-order valence-corrected chi connectivity index (χ0v) is 17.9. The average Bonchev–Trinajstić information content (AvgIpc) is 2.55. The van der Waals surface area contributed by atoms with E-state index < -0.39 is 28.2 Å². The fourth-order valence-corrected chi connectivity index (χ4v) is 3.03. The minimum absolute atomic E-state index is 0.140. The van der Waals surface area contributed by atoms with E-state index in [1.807, 2.05) is 0 Å². The molecule has 10 heteroatoms. The molecule has 0 heterocycles. The summed E-state index contributed by atoms with van der Waals surface area (Å²) in [7, 11) is 0. The molecule has 0 saturated carbocycles. The van der Waals surface area contributed by atoms with Gasteiger partial charge in [-0.05, 0) is 42.5 Å². The smallest absolute Gasteiger partial charge is 0.412 e. The van der Waals surface area contributed by atoms with Crippen LogP contribution in [0.25, 0.3) is 0 Å². The highest BCUT2D eigenvalue weighted by Gasteiger charge is 2.38. The van der Waals surface area contributed by atoms with Crippen LogP contribution < -0.4 is 5.32 Å². The molecule has 27 heavy (non-hydrogen) atoms. The molecule has 0 radical (unpaired) electrons. The van der Waals surface area contributed by atoms with E-state index in [1.165, 1.54) is 18.2 Å². The van der Waals surface area contributed by atoms with Crippen LogP contribution in [-0.2, 0) is 4.74 Å². The van der Waals surface area contributed by atoms with Crippen LogP contribution in [0.1, 0.15) is 16.8 Å². The number of Topliss-reactive ketones (excluding diaryl/α,β-unsaturated/α-hetero) is 1. The fourth-order valence-electron chi connectivity index (χ4n) is 2.03. The number of rotatable bonds is 5. The maximum absolute atomic E-state index is 12.5. The molecule has 2 aromatic carbocycles. The Bertz CT molecular complexity index is 836. The highest BCUT2D eigenvalue weighted by Crippen LogP contribution is 2.35. The Hall–Kier alpha value is -0.880. The van der Waals surface area contributed by atoms with E-state index in [0.717, 1.165) is 0 Å². The van der Waals surface area contributed by atoms with Gasteiger partial charge in [0.2, 0.25) is 3.79 Å². The van der Waals surface area contributed by atoms with Crippen LogP contribution in [0.2, 0.25) is 15.1 Å². The van der Waals surface area contributed by atoms with Crippen molar-refractivity contribution in [3.8, 4) is 0 Å². The second-order valence-corrected chi connectivity index (χ2v) is 8.97. The number of carbonyl (C=O) groups excluding carboxylic acids is 2. The predicted molar refractivity (Wildman–Crippen MR) is 111 cm³/mol. The monoisotopic (exact) mass is 487 g/mol. The first-order chi connectivity index (χ1) is 12.6. The number of ketones is 1. The van der Waals surface area contributed by atoms with Gasteiger partial charge < -0.3 is 4.74 Å². The summed E-state index contributed by atoms with van der Waals surface area (Å²) in [6, 6.07) is 10.6. The molecule has 2 rings (SSSR count). The van der Waals surface area contributed by atoms with Gasteiger partial charge >= 0.3 is 6.09 Å². The number of hydrogen-bond donors (Lipinski definition) is 1. The van der Waals surface area contributed by atoms with Gasteiger partial charge in [0.15, 0.2) is 11.9 Å². The zero-order chi connectivity index (χ0) is 20.2. The third kappa shape index (κ3) is 6.90. The highest BCUT2D eigenvalue weighted by molar-refractivity contribution is 6.68. The van der Waals surface area contributed by atoms with Crippen molar-refractivity contribution in [2.75, 3.05) is 5.32 Å². The lowest BCUT2D eigenvalue weighted by atomic mass is 10.1. The van der Waals surface area contributed by atoms with Gasteiger partial charge in [-0.2, -0.15) is 0 Å². The first-order valence-corrected chi connectivity index (χ1v) is 9.61. The van der Waals surface area contributed by atoms with Gasteiger partial charge in [0.05, 0.1) is 11.4 Å². The Morgan fingerprint density at radius 1 is 0.963 bits per heavy atom. The number of nitrogens with one attached hydrogen (secondary N) is 1. The lowest BCUT2D eigenvalue weighted by Gasteiger charge is -2.24. The van der Waals surface area contributed by atoms with Gasteiger partial charge in [-0.15, -0.1) is 0 Å². The van der Waals surface area contributed by atoms with Crippen LogP contribution in [0.3, 0.4) is 0 Å². The summed E-state index contributed by atoms with van der Waals surface area (Å²) < 4.78 is 3.10. The Balaban J connectivity index is 2.09. The molecule has 0 aromatic heterocycles. The molecule has 0 aliphatic heterocycles. The molecule has 0 bridgehead atoms. The van der Waals surface area contributed by atoms with Gasteiger partial charge in [-0.1, -0.05) is 69.6 Å². The van der Waals surface area contributed by atoms with E-state index in [4.69, 9.17) is 74.3 Å². The van der Waals surface area contributed by atoms with Crippen LogP contribution in [0.15, 0.2) is 42.5 Å². The first kappa shape index (κ1) is 22.4. The van der Waals surface area contributed by atoms with Crippen LogP contribution in [-0.4, -0.2) is 21.8 Å². The Kier molecular flexibility index (Phi) is 7.93. The third-order valence-corrected chi connectivity index (χ3v) is 4.84. The SMILES string of the molecule is O=C(Nc1ccc(Cl)cc1)OC(CC(=O)c1ccc(Cl)cc1Cl)C(Cl)(Cl)Cl. The maximum Gasteiger partial charge on any atom is 0.412 e. The van der Waals surface area contributed by atoms with Crippen LogP contribution in [0.4, 0.5) is 10.5 Å². The summed E-state index contributed by atoms with van der Waals surface area (Å²) in [5.41, 5.74) is 0.585. The molecule has 144 valence electrons. The lowest BCUT2D eigenvalue weighted by molar-refractivity contribution is 0.0812. The number of hydrogen-bond acceptors (Lipinski definition) is 3. The topological polar surface area (TPSA) is 55.4 Å². The van der Waals surface area contributed by atoms with Crippen molar-refractivity contribution < 1.29 is 14.3 Å². The molecule has 0 spiro atoms. The number of halogens is 6. The van der Waals surface area contributed by atoms with Crippen molar-refractivity contribution in [1.29, 1.82) is 0 Å². The van der Waals surface area contributed by atoms with Gasteiger partial charge in [0, 0.05) is 21.3 Å². The number of benzene rings is 2. The van der Waals surface area contributed by atoms with Crippen molar-refractivity contribution in [3.05, 3.63) is 63.1 Å². The van der Waals surface area contributed by atoms with Crippen LogP contribution in [0, 0.1) is 0 Å². The zero-order valence-electron chi connectivity index (χ0n) is 13.3. The number of amides is 1. The molecular formula is C17H11Cl6NO3. The molecule has 4 nitrogen and oxygen atoms in total. The first-order valence-electron chi connectivity index (χ1n) is 7.34. The fraction of sp³-hybridized carbons (Fsp3) is 0.176. The number of carbonyl (C=O) groups is 2. The van der Waals surface area contributed by atoms with Gasteiger partial charge in [-0.3, -0.25) is 10.1 Å². The molecule has 1 N–H and O–H groups in total. The summed E-state index contributed by atoms with van der Waals surface area (Å²) in [5.74, 6) is -0.479. The molecule has 0 aliphatic carbocycles. The molecule has 2 aromatic rings. The van der Waals surface area contributed by atoms with Crippen molar-refractivity contribution >= 4 is 87.2 Å². The number of ether oxygens (including phenoxy) is 1. The lowest BCUT2D eigenvalue weighted by Crippen LogP contribution is -2.35. The van der Waals surface area contributed by atoms with E-state index in [2.05, 4.69) is 5.32 Å². The minimum atomic E-state index is -2.04. The van der Waals surface area contributed by atoms with Gasteiger partial charge in [0.25, 0.3) is 0 Å². The summed E-state index contributed by atoms with van der Waals surface area (Å²) in [5, 5.41) is 3.46. The van der Waals surface area contributed by atoms with E-state index in [1.54, 1.807) is 24.3 Å². The summed E-state index contributed by atoms with van der Waals surface area (Å²) >= 11 is 35.2. The maximum atomic E-state index is 12.5. The second-order valence-electron chi connectivity index (χ2n) is 5.32. The van der Waals surface area contributed by atoms with Crippen molar-refractivity contribution in [2.45, 2.75) is 16.3 Å². The van der Waals surface area contributed by atoms with Crippen molar-refractivity contribution in [3.63, 3.8) is 0 Å². The minimum Gasteiger partial charge on any atom is -0.441 e. The van der Waals surface area contributed by atoms with E-state index in [9.17, 15) is 9.59 Å². The van der Waals surface area contributed by atoms with Gasteiger partial charge in [0.1, 0.15) is 0 Å². The van der Waals surface area contributed by atoms with Crippen LogP contribution >= 0.6 is 69.6 Å². The standard InChI is InChI=1S/C17H11Cl6NO3/c18-9-1-4-11(5-2-9)24-16(26)27-15(17(21,22)23)8-14(25)12-6-3-10(19)7-13(12)20/h1-7,15H,8H2,(H,24,26). The van der Waals surface area contributed by atoms with Crippen molar-refractivity contribution in [2.24, 2.45) is 0 Å². The molecule has 1 amide bonds. The van der Waals surface area contributed by atoms with Gasteiger partial charge in [-0.25, -0.2) is 4.79 Å². The molecule has 0 saturated heterocycles. The molecule has 1 unspecified atom stereocenters. The molecule has 1 atom stereocenters. The average molecular weight is 490 g/mol.